The maximum Gasteiger partial charge on any atom is 0.261 e. The SMILES string of the molecule is CS(=O)(=O)O.O=C(C(=O)c1ccccc1)c1ccccc1. The van der Waals surface area contributed by atoms with Crippen molar-refractivity contribution < 1.29 is 22.6 Å². The van der Waals surface area contributed by atoms with E-state index in [9.17, 15) is 18.0 Å². The van der Waals surface area contributed by atoms with Gasteiger partial charge in [-0.2, -0.15) is 8.42 Å². The zero-order valence-corrected chi connectivity index (χ0v) is 12.1. The predicted molar refractivity (Wildman–Crippen MR) is 79.0 cm³/mol. The van der Waals surface area contributed by atoms with Crippen LogP contribution in [0.15, 0.2) is 60.7 Å². The number of hydrogen-bond acceptors (Lipinski definition) is 4. The van der Waals surface area contributed by atoms with Crippen molar-refractivity contribution in [2.24, 2.45) is 0 Å². The summed E-state index contributed by atoms with van der Waals surface area (Å²) in [6.45, 7) is 0. The number of rotatable bonds is 3. The predicted octanol–water partition coefficient (Wildman–Crippen LogP) is 2.26. The van der Waals surface area contributed by atoms with Gasteiger partial charge in [-0.3, -0.25) is 14.1 Å². The van der Waals surface area contributed by atoms with Crippen molar-refractivity contribution in [2.45, 2.75) is 0 Å². The normalized spacial score (nSPS) is 10.2. The summed E-state index contributed by atoms with van der Waals surface area (Å²) in [6.07, 6.45) is 0.715. The first-order valence-corrected chi connectivity index (χ1v) is 7.75. The summed E-state index contributed by atoms with van der Waals surface area (Å²) in [7, 11) is -3.67. The highest BCUT2D eigenvalue weighted by molar-refractivity contribution is 7.85. The molecule has 0 heterocycles. The fourth-order valence-corrected chi connectivity index (χ4v) is 1.44. The first kappa shape index (κ1) is 16.7. The zero-order valence-electron chi connectivity index (χ0n) is 11.3. The Morgan fingerprint density at radius 2 is 1.00 bits per heavy atom. The molecule has 0 unspecified atom stereocenters. The molecule has 0 fully saturated rings. The summed E-state index contributed by atoms with van der Waals surface area (Å²) in [4.78, 5) is 23.6. The first-order chi connectivity index (χ1) is 9.79. The molecule has 1 N–H and O–H groups in total. The standard InChI is InChI=1S/C14H10O2.CH4O3S/c15-13(11-7-3-1-4-8-11)14(16)12-9-5-2-6-10-12;1-5(2,3)4/h1-10H;1H3,(H,2,3,4). The third-order valence-corrected chi connectivity index (χ3v) is 2.28. The molecule has 2 aromatic carbocycles. The van der Waals surface area contributed by atoms with Gasteiger partial charge in [-0.25, -0.2) is 0 Å². The van der Waals surface area contributed by atoms with Crippen LogP contribution in [0, 0.1) is 0 Å². The highest BCUT2D eigenvalue weighted by Crippen LogP contribution is 2.07. The highest BCUT2D eigenvalue weighted by atomic mass is 32.2. The molecule has 0 spiro atoms. The lowest BCUT2D eigenvalue weighted by atomic mass is 10.0. The van der Waals surface area contributed by atoms with Gasteiger partial charge in [-0.1, -0.05) is 60.7 Å². The van der Waals surface area contributed by atoms with E-state index in [1.54, 1.807) is 48.5 Å². The summed E-state index contributed by atoms with van der Waals surface area (Å²) in [5.74, 6) is -0.932. The minimum atomic E-state index is -3.67. The monoisotopic (exact) mass is 306 g/mol. The molecule has 0 aliphatic rings. The number of carbonyl (C=O) groups excluding carboxylic acids is 2. The fourth-order valence-electron chi connectivity index (χ4n) is 1.44. The van der Waals surface area contributed by atoms with Gasteiger partial charge in [0.25, 0.3) is 10.1 Å². The number of ketones is 2. The molecular weight excluding hydrogens is 292 g/mol. The summed E-state index contributed by atoms with van der Waals surface area (Å²) >= 11 is 0. The van der Waals surface area contributed by atoms with Crippen LogP contribution in [0.1, 0.15) is 20.7 Å². The molecule has 2 aromatic rings. The van der Waals surface area contributed by atoms with Crippen molar-refractivity contribution in [1.82, 2.24) is 0 Å². The van der Waals surface area contributed by atoms with Crippen LogP contribution in [0.5, 0.6) is 0 Å². The van der Waals surface area contributed by atoms with Crippen LogP contribution in [0.2, 0.25) is 0 Å². The van der Waals surface area contributed by atoms with Gasteiger partial charge in [0.05, 0.1) is 6.26 Å². The lowest BCUT2D eigenvalue weighted by molar-refractivity contribution is 0.0817. The molecule has 0 radical (unpaired) electrons. The van der Waals surface area contributed by atoms with E-state index in [0.717, 1.165) is 0 Å². The molecule has 0 bridgehead atoms. The van der Waals surface area contributed by atoms with Crippen LogP contribution in [0.3, 0.4) is 0 Å². The molecule has 0 atom stereocenters. The maximum atomic E-state index is 11.8. The molecular formula is C15H14O5S. The topological polar surface area (TPSA) is 88.5 Å². The maximum absolute atomic E-state index is 11.8. The summed E-state index contributed by atoms with van der Waals surface area (Å²) in [5, 5.41) is 0. The van der Waals surface area contributed by atoms with E-state index in [4.69, 9.17) is 4.55 Å². The minimum absolute atomic E-state index is 0.427. The van der Waals surface area contributed by atoms with Gasteiger partial charge >= 0.3 is 0 Å². The van der Waals surface area contributed by atoms with Gasteiger partial charge in [0.2, 0.25) is 11.6 Å². The van der Waals surface area contributed by atoms with Gasteiger partial charge < -0.3 is 0 Å². The van der Waals surface area contributed by atoms with E-state index in [1.165, 1.54) is 0 Å². The second-order valence-electron chi connectivity index (χ2n) is 4.12. The molecule has 0 saturated carbocycles. The van der Waals surface area contributed by atoms with Crippen molar-refractivity contribution in [1.29, 1.82) is 0 Å². The lowest BCUT2D eigenvalue weighted by Gasteiger charge is -1.99. The van der Waals surface area contributed by atoms with Crippen LogP contribution in [-0.2, 0) is 10.1 Å². The Bertz CT molecular complexity index is 649. The van der Waals surface area contributed by atoms with E-state index >= 15 is 0 Å². The van der Waals surface area contributed by atoms with Gasteiger partial charge in [0.1, 0.15) is 0 Å². The molecule has 0 aliphatic carbocycles. The molecule has 110 valence electrons. The Morgan fingerprint density at radius 3 is 1.24 bits per heavy atom. The zero-order chi connectivity index (χ0) is 15.9. The van der Waals surface area contributed by atoms with Gasteiger partial charge in [0, 0.05) is 11.1 Å². The van der Waals surface area contributed by atoms with Crippen molar-refractivity contribution in [3.05, 3.63) is 71.8 Å². The van der Waals surface area contributed by atoms with Gasteiger partial charge in [-0.05, 0) is 0 Å². The summed E-state index contributed by atoms with van der Waals surface area (Å²) < 4.78 is 25.9. The molecule has 21 heavy (non-hydrogen) atoms. The third-order valence-electron chi connectivity index (χ3n) is 2.28. The Kier molecular flexibility index (Phi) is 5.95. The van der Waals surface area contributed by atoms with Crippen LogP contribution < -0.4 is 0 Å². The van der Waals surface area contributed by atoms with Crippen molar-refractivity contribution in [3.63, 3.8) is 0 Å². The number of carbonyl (C=O) groups is 2. The van der Waals surface area contributed by atoms with Crippen molar-refractivity contribution >= 4 is 21.7 Å². The lowest BCUT2D eigenvalue weighted by Crippen LogP contribution is -2.14. The summed E-state index contributed by atoms with van der Waals surface area (Å²) in [5.41, 5.74) is 0.854. The van der Waals surface area contributed by atoms with E-state index in [0.29, 0.717) is 17.4 Å². The van der Waals surface area contributed by atoms with Crippen molar-refractivity contribution in [2.75, 3.05) is 6.26 Å². The Hall–Kier alpha value is -2.31. The number of benzene rings is 2. The van der Waals surface area contributed by atoms with Gasteiger partial charge in [-0.15, -0.1) is 0 Å². The fraction of sp³-hybridized carbons (Fsp3) is 0.0667. The van der Waals surface area contributed by atoms with Crippen LogP contribution >= 0.6 is 0 Å². The quantitative estimate of drug-likeness (QED) is 0.534. The Balaban J connectivity index is 0.000000383. The van der Waals surface area contributed by atoms with E-state index < -0.39 is 21.7 Å². The van der Waals surface area contributed by atoms with E-state index in [2.05, 4.69) is 0 Å². The smallest absolute Gasteiger partial charge is 0.261 e. The number of hydrogen-bond donors (Lipinski definition) is 1. The Morgan fingerprint density at radius 1 is 0.762 bits per heavy atom. The van der Waals surface area contributed by atoms with Crippen molar-refractivity contribution in [3.8, 4) is 0 Å². The molecule has 5 nitrogen and oxygen atoms in total. The third kappa shape index (κ3) is 6.60. The summed E-state index contributed by atoms with van der Waals surface area (Å²) in [6, 6.07) is 17.2. The van der Waals surface area contributed by atoms with Crippen LogP contribution in [-0.4, -0.2) is 30.8 Å². The highest BCUT2D eigenvalue weighted by Gasteiger charge is 2.16. The Labute approximate surface area is 123 Å². The van der Waals surface area contributed by atoms with E-state index in [1.807, 2.05) is 12.1 Å². The molecule has 0 aromatic heterocycles. The van der Waals surface area contributed by atoms with Gasteiger partial charge in [0.15, 0.2) is 0 Å². The second kappa shape index (κ2) is 7.47. The average Bonchev–Trinajstić information content (AvgIpc) is 2.46. The van der Waals surface area contributed by atoms with E-state index in [-0.39, 0.29) is 0 Å². The minimum Gasteiger partial charge on any atom is -0.286 e. The molecule has 2 rings (SSSR count). The first-order valence-electron chi connectivity index (χ1n) is 5.90. The second-order valence-corrected chi connectivity index (χ2v) is 5.59. The molecule has 6 heteroatoms. The average molecular weight is 306 g/mol. The van der Waals surface area contributed by atoms with Crippen LogP contribution in [0.4, 0.5) is 0 Å². The molecule has 0 amide bonds. The largest absolute Gasteiger partial charge is 0.286 e. The molecule has 0 saturated heterocycles. The number of Topliss-reactive ketones (excluding diaryl/α,β-unsaturated/α-hetero) is 2. The molecule has 0 aliphatic heterocycles. The van der Waals surface area contributed by atoms with Crippen LogP contribution in [0.25, 0.3) is 0 Å².